The minimum absolute atomic E-state index is 0.0148. The number of benzene rings is 2. The van der Waals surface area contributed by atoms with Crippen molar-refractivity contribution in [1.29, 1.82) is 0 Å². The number of rotatable bonds is 5. The molecular weight excluding hydrogens is 381 g/mol. The van der Waals surface area contributed by atoms with Gasteiger partial charge in [-0.05, 0) is 48.6 Å². The fraction of sp³-hybridized carbons (Fsp3) is 0.350. The molecule has 148 valence electrons. The maximum absolute atomic E-state index is 13.2. The van der Waals surface area contributed by atoms with Crippen molar-refractivity contribution in [1.82, 2.24) is 14.9 Å². The van der Waals surface area contributed by atoms with Crippen LogP contribution in [0.3, 0.4) is 0 Å². The second-order valence-electron chi connectivity index (χ2n) is 7.37. The summed E-state index contributed by atoms with van der Waals surface area (Å²) >= 11 is 0. The number of carbonyl (C=O) groups excluding carboxylic acids is 1. The van der Waals surface area contributed by atoms with Gasteiger partial charge in [0.1, 0.15) is 5.82 Å². The largest absolute Gasteiger partial charge is 0.334 e. The van der Waals surface area contributed by atoms with Crippen LogP contribution in [-0.4, -0.2) is 38.0 Å². The number of hydrogen-bond acceptors (Lipinski definition) is 3. The monoisotopic (exact) mass is 403 g/mol. The molecule has 1 aliphatic carbocycles. The van der Waals surface area contributed by atoms with Crippen LogP contribution in [0.4, 0.5) is 9.18 Å². The van der Waals surface area contributed by atoms with Gasteiger partial charge in [0.15, 0.2) is 0 Å². The van der Waals surface area contributed by atoms with Gasteiger partial charge in [-0.2, -0.15) is 0 Å². The average molecular weight is 403 g/mol. The third-order valence-electron chi connectivity index (χ3n) is 5.50. The maximum Gasteiger partial charge on any atom is 0.317 e. The van der Waals surface area contributed by atoms with E-state index in [4.69, 9.17) is 0 Å². The van der Waals surface area contributed by atoms with Gasteiger partial charge in [0, 0.05) is 25.2 Å². The molecule has 2 aromatic rings. The number of fused-ring (bicyclic) bond motifs is 2. The van der Waals surface area contributed by atoms with E-state index in [9.17, 15) is 17.6 Å². The standard InChI is InChI=1S/C20H22FN3O3S/c21-16-6-4-5-14(9-16)12-22-20(25)24-13-15-10-17(24)11-19(15)23-28(26,27)18-7-2-1-3-8-18/h1-9,15,17,19,23H,10-13H2,(H,22,25)/t15-,17-,19-/m0/s1. The smallest absolute Gasteiger partial charge is 0.317 e. The average Bonchev–Trinajstić information content (AvgIpc) is 3.27. The third-order valence-corrected chi connectivity index (χ3v) is 7.00. The van der Waals surface area contributed by atoms with Crippen LogP contribution in [0.15, 0.2) is 59.5 Å². The minimum Gasteiger partial charge on any atom is -0.334 e. The summed E-state index contributed by atoms with van der Waals surface area (Å²) in [5.74, 6) is -0.232. The molecule has 0 spiro atoms. The number of sulfonamides is 1. The van der Waals surface area contributed by atoms with Gasteiger partial charge < -0.3 is 10.2 Å². The Morgan fingerprint density at radius 3 is 2.57 bits per heavy atom. The van der Waals surface area contributed by atoms with Crippen LogP contribution in [0.2, 0.25) is 0 Å². The highest BCUT2D eigenvalue weighted by Crippen LogP contribution is 2.38. The molecule has 28 heavy (non-hydrogen) atoms. The summed E-state index contributed by atoms with van der Waals surface area (Å²) in [5, 5.41) is 2.82. The summed E-state index contributed by atoms with van der Waals surface area (Å²) in [6.07, 6.45) is 1.39. The van der Waals surface area contributed by atoms with E-state index in [0.29, 0.717) is 18.5 Å². The number of nitrogens with zero attached hydrogens (tertiary/aromatic N) is 1. The SMILES string of the molecule is O=C(NCc1cccc(F)c1)N1C[C@@H]2C[C@H]1C[C@@H]2NS(=O)(=O)c1ccccc1. The Morgan fingerprint density at radius 2 is 1.89 bits per heavy atom. The number of halogens is 1. The molecule has 2 fully saturated rings. The van der Waals surface area contributed by atoms with E-state index in [1.807, 2.05) is 0 Å². The molecule has 1 saturated heterocycles. The number of hydrogen-bond donors (Lipinski definition) is 2. The van der Waals surface area contributed by atoms with Crippen molar-refractivity contribution in [3.05, 3.63) is 66.0 Å². The predicted octanol–water partition coefficient (Wildman–Crippen LogP) is 2.48. The zero-order valence-corrected chi connectivity index (χ0v) is 16.0. The Hall–Kier alpha value is -2.45. The highest BCUT2D eigenvalue weighted by Gasteiger charge is 2.47. The lowest BCUT2D eigenvalue weighted by Crippen LogP contribution is -2.50. The van der Waals surface area contributed by atoms with E-state index in [1.165, 1.54) is 12.1 Å². The van der Waals surface area contributed by atoms with Crippen LogP contribution in [0.1, 0.15) is 18.4 Å². The fourth-order valence-corrected chi connectivity index (χ4v) is 5.48. The first-order valence-corrected chi connectivity index (χ1v) is 10.8. The highest BCUT2D eigenvalue weighted by atomic mass is 32.2. The van der Waals surface area contributed by atoms with E-state index in [2.05, 4.69) is 10.0 Å². The van der Waals surface area contributed by atoms with Crippen LogP contribution in [0.25, 0.3) is 0 Å². The molecule has 0 unspecified atom stereocenters. The quantitative estimate of drug-likeness (QED) is 0.805. The first kappa shape index (κ1) is 18.9. The second-order valence-corrected chi connectivity index (χ2v) is 9.08. The van der Waals surface area contributed by atoms with Crippen molar-refractivity contribution in [2.24, 2.45) is 5.92 Å². The van der Waals surface area contributed by atoms with Crippen molar-refractivity contribution in [3.8, 4) is 0 Å². The fourth-order valence-electron chi connectivity index (χ4n) is 4.14. The molecule has 8 heteroatoms. The van der Waals surface area contributed by atoms with Gasteiger partial charge in [-0.1, -0.05) is 30.3 Å². The topological polar surface area (TPSA) is 78.5 Å². The van der Waals surface area contributed by atoms with Gasteiger partial charge in [-0.15, -0.1) is 0 Å². The van der Waals surface area contributed by atoms with Gasteiger partial charge >= 0.3 is 6.03 Å². The summed E-state index contributed by atoms with van der Waals surface area (Å²) in [6, 6.07) is 14.1. The summed E-state index contributed by atoms with van der Waals surface area (Å²) in [5.41, 5.74) is 0.700. The minimum atomic E-state index is -3.56. The van der Waals surface area contributed by atoms with Gasteiger partial charge in [0.05, 0.1) is 4.90 Å². The third kappa shape index (κ3) is 3.88. The molecular formula is C20H22FN3O3S. The molecule has 2 aliphatic rings. The normalized spacial score (nSPS) is 23.8. The molecule has 3 atom stereocenters. The maximum atomic E-state index is 13.2. The van der Waals surface area contributed by atoms with Crippen molar-refractivity contribution < 1.29 is 17.6 Å². The molecule has 2 N–H and O–H groups in total. The molecule has 1 saturated carbocycles. The molecule has 2 bridgehead atoms. The van der Waals surface area contributed by atoms with Gasteiger partial charge in [0.25, 0.3) is 0 Å². The number of urea groups is 1. The number of carbonyl (C=O) groups is 1. The molecule has 4 rings (SSSR count). The molecule has 2 aromatic carbocycles. The van der Waals surface area contributed by atoms with Crippen molar-refractivity contribution in [2.75, 3.05) is 6.54 Å². The molecule has 0 radical (unpaired) electrons. The Balaban J connectivity index is 1.33. The van der Waals surface area contributed by atoms with Crippen LogP contribution in [-0.2, 0) is 16.6 Å². The zero-order valence-electron chi connectivity index (χ0n) is 15.2. The lowest BCUT2D eigenvalue weighted by molar-refractivity contribution is 0.174. The van der Waals surface area contributed by atoms with E-state index in [-0.39, 0.29) is 41.3 Å². The van der Waals surface area contributed by atoms with Crippen LogP contribution in [0, 0.1) is 11.7 Å². The predicted molar refractivity (Wildman–Crippen MR) is 102 cm³/mol. The molecule has 6 nitrogen and oxygen atoms in total. The summed E-state index contributed by atoms with van der Waals surface area (Å²) in [7, 11) is -3.56. The Morgan fingerprint density at radius 1 is 1.11 bits per heavy atom. The lowest BCUT2D eigenvalue weighted by atomic mass is 10.0. The summed E-state index contributed by atoms with van der Waals surface area (Å²) in [4.78, 5) is 14.5. The summed E-state index contributed by atoms with van der Waals surface area (Å²) < 4.78 is 41.1. The van der Waals surface area contributed by atoms with Crippen molar-refractivity contribution >= 4 is 16.1 Å². The van der Waals surface area contributed by atoms with Gasteiger partial charge in [0.2, 0.25) is 10.0 Å². The lowest BCUT2D eigenvalue weighted by Gasteiger charge is -2.32. The van der Waals surface area contributed by atoms with Crippen molar-refractivity contribution in [2.45, 2.75) is 36.4 Å². The second kappa shape index (κ2) is 7.52. The van der Waals surface area contributed by atoms with E-state index in [1.54, 1.807) is 47.4 Å². The Labute approximate surface area is 163 Å². The first-order chi connectivity index (χ1) is 13.4. The molecule has 1 heterocycles. The van der Waals surface area contributed by atoms with E-state index >= 15 is 0 Å². The first-order valence-electron chi connectivity index (χ1n) is 9.29. The van der Waals surface area contributed by atoms with Gasteiger partial charge in [-0.3, -0.25) is 0 Å². The zero-order chi connectivity index (χ0) is 19.7. The van der Waals surface area contributed by atoms with Crippen LogP contribution >= 0.6 is 0 Å². The molecule has 1 aliphatic heterocycles. The number of likely N-dealkylation sites (tertiary alicyclic amines) is 1. The van der Waals surface area contributed by atoms with E-state index < -0.39 is 10.0 Å². The van der Waals surface area contributed by atoms with Crippen LogP contribution in [0.5, 0.6) is 0 Å². The highest BCUT2D eigenvalue weighted by molar-refractivity contribution is 7.89. The number of piperidine rings is 1. The number of nitrogens with one attached hydrogen (secondary N) is 2. The van der Waals surface area contributed by atoms with Crippen LogP contribution < -0.4 is 10.0 Å². The number of amides is 2. The van der Waals surface area contributed by atoms with E-state index in [0.717, 1.165) is 6.42 Å². The van der Waals surface area contributed by atoms with Crippen molar-refractivity contribution in [3.63, 3.8) is 0 Å². The molecule has 0 aromatic heterocycles. The van der Waals surface area contributed by atoms with Gasteiger partial charge in [-0.25, -0.2) is 22.3 Å². The Kier molecular flexibility index (Phi) is 5.07. The Bertz CT molecular complexity index is 968. The molecule has 2 amide bonds. The summed E-state index contributed by atoms with van der Waals surface area (Å²) in [6.45, 7) is 0.774.